The van der Waals surface area contributed by atoms with E-state index in [4.69, 9.17) is 11.6 Å². The normalized spacial score (nSPS) is 11.3. The number of aromatic nitrogens is 1. The highest BCUT2D eigenvalue weighted by Crippen LogP contribution is 2.15. The minimum Gasteiger partial charge on any atom is -0.348 e. The number of rotatable bonds is 4. The maximum absolute atomic E-state index is 11.6. The summed E-state index contributed by atoms with van der Waals surface area (Å²) in [6, 6.07) is 2.99. The van der Waals surface area contributed by atoms with Crippen molar-refractivity contribution < 1.29 is 22.7 Å². The van der Waals surface area contributed by atoms with Crippen LogP contribution in [0.4, 0.5) is 13.2 Å². The summed E-state index contributed by atoms with van der Waals surface area (Å²) in [5.74, 6) is -0.652. The molecule has 94 valence electrons. The molecule has 0 saturated heterocycles. The highest BCUT2D eigenvalue weighted by Gasteiger charge is 2.28. The summed E-state index contributed by atoms with van der Waals surface area (Å²) in [7, 11) is 0. The second kappa shape index (κ2) is 5.83. The Bertz CT molecular complexity index is 398. The Hall–Kier alpha value is -1.34. The Morgan fingerprint density at radius 2 is 2.24 bits per heavy atom. The summed E-state index contributed by atoms with van der Waals surface area (Å²) >= 11 is 5.67. The second-order valence-electron chi connectivity index (χ2n) is 2.88. The SMILES string of the molecule is O=C(NCCOC(F)(F)F)c1ncccc1Cl. The molecule has 0 unspecified atom stereocenters. The Kier molecular flexibility index (Phi) is 4.71. The Balaban J connectivity index is 2.39. The zero-order chi connectivity index (χ0) is 12.9. The average Bonchev–Trinajstić information content (AvgIpc) is 2.23. The summed E-state index contributed by atoms with van der Waals surface area (Å²) in [5, 5.41) is 2.33. The van der Waals surface area contributed by atoms with Gasteiger partial charge in [0.15, 0.2) is 0 Å². The molecule has 0 spiro atoms. The number of halogens is 4. The number of alkyl halides is 3. The third-order valence-electron chi connectivity index (χ3n) is 1.63. The van der Waals surface area contributed by atoms with Gasteiger partial charge in [-0.25, -0.2) is 4.98 Å². The lowest BCUT2D eigenvalue weighted by atomic mass is 10.3. The molecule has 0 fully saturated rings. The van der Waals surface area contributed by atoms with E-state index in [0.29, 0.717) is 0 Å². The smallest absolute Gasteiger partial charge is 0.348 e. The second-order valence-corrected chi connectivity index (χ2v) is 3.29. The number of hydrogen-bond donors (Lipinski definition) is 1. The topological polar surface area (TPSA) is 51.2 Å². The fourth-order valence-electron chi connectivity index (χ4n) is 0.968. The molecule has 17 heavy (non-hydrogen) atoms. The molecule has 0 bridgehead atoms. The van der Waals surface area contributed by atoms with Gasteiger partial charge in [-0.2, -0.15) is 0 Å². The van der Waals surface area contributed by atoms with Crippen molar-refractivity contribution in [2.45, 2.75) is 6.36 Å². The van der Waals surface area contributed by atoms with Gasteiger partial charge in [0.05, 0.1) is 11.6 Å². The van der Waals surface area contributed by atoms with Gasteiger partial charge in [-0.15, -0.1) is 13.2 Å². The molecule has 1 aromatic rings. The van der Waals surface area contributed by atoms with E-state index in [0.717, 1.165) is 0 Å². The van der Waals surface area contributed by atoms with Crippen molar-refractivity contribution in [2.24, 2.45) is 0 Å². The lowest BCUT2D eigenvalue weighted by Crippen LogP contribution is -2.30. The van der Waals surface area contributed by atoms with Crippen LogP contribution in [-0.4, -0.2) is 30.4 Å². The first-order valence-corrected chi connectivity index (χ1v) is 4.87. The zero-order valence-corrected chi connectivity index (χ0v) is 9.18. The van der Waals surface area contributed by atoms with Gasteiger partial charge < -0.3 is 5.32 Å². The molecular weight excluding hydrogens is 261 g/mol. The predicted octanol–water partition coefficient (Wildman–Crippen LogP) is 2.00. The standard InChI is InChI=1S/C9H8ClF3N2O2/c10-6-2-1-3-14-7(6)8(16)15-4-5-17-9(11,12)13/h1-3H,4-5H2,(H,15,16). The van der Waals surface area contributed by atoms with Crippen LogP contribution in [0.3, 0.4) is 0 Å². The molecule has 0 aliphatic heterocycles. The van der Waals surface area contributed by atoms with E-state index in [1.807, 2.05) is 0 Å². The summed E-state index contributed by atoms with van der Waals surface area (Å²) < 4.78 is 38.3. The van der Waals surface area contributed by atoms with Crippen LogP contribution in [0.5, 0.6) is 0 Å². The first-order chi connectivity index (χ1) is 7.90. The Labute approximate surface area is 99.7 Å². The molecular formula is C9H8ClF3N2O2. The maximum Gasteiger partial charge on any atom is 0.522 e. The minimum absolute atomic E-state index is 0.0406. The highest BCUT2D eigenvalue weighted by atomic mass is 35.5. The van der Waals surface area contributed by atoms with Gasteiger partial charge in [0.1, 0.15) is 5.69 Å². The third-order valence-corrected chi connectivity index (χ3v) is 1.93. The molecule has 0 saturated carbocycles. The number of amides is 1. The predicted molar refractivity (Wildman–Crippen MR) is 53.6 cm³/mol. The van der Waals surface area contributed by atoms with Gasteiger partial charge in [-0.05, 0) is 12.1 Å². The van der Waals surface area contributed by atoms with Crippen LogP contribution in [-0.2, 0) is 4.74 Å². The first-order valence-electron chi connectivity index (χ1n) is 4.49. The molecule has 1 heterocycles. The van der Waals surface area contributed by atoms with Crippen LogP contribution < -0.4 is 5.32 Å². The Morgan fingerprint density at radius 3 is 2.82 bits per heavy atom. The van der Waals surface area contributed by atoms with Gasteiger partial charge in [-0.3, -0.25) is 9.53 Å². The average molecular weight is 269 g/mol. The van der Waals surface area contributed by atoms with Crippen LogP contribution in [0.1, 0.15) is 10.5 Å². The molecule has 0 aliphatic carbocycles. The van der Waals surface area contributed by atoms with E-state index in [2.05, 4.69) is 15.0 Å². The summed E-state index contributed by atoms with van der Waals surface area (Å²) in [4.78, 5) is 15.1. The number of carbonyl (C=O) groups excluding carboxylic acids is 1. The van der Waals surface area contributed by atoms with Gasteiger partial charge in [0.2, 0.25) is 0 Å². The van der Waals surface area contributed by atoms with Gasteiger partial charge in [-0.1, -0.05) is 11.6 Å². The summed E-state index contributed by atoms with van der Waals surface area (Å²) in [5.41, 5.74) is -0.0406. The van der Waals surface area contributed by atoms with E-state index in [1.165, 1.54) is 18.3 Å². The van der Waals surface area contributed by atoms with Crippen LogP contribution in [0.15, 0.2) is 18.3 Å². The van der Waals surface area contributed by atoms with Gasteiger partial charge in [0.25, 0.3) is 5.91 Å². The van der Waals surface area contributed by atoms with E-state index >= 15 is 0 Å². The van der Waals surface area contributed by atoms with E-state index in [-0.39, 0.29) is 17.3 Å². The van der Waals surface area contributed by atoms with Crippen molar-refractivity contribution in [3.8, 4) is 0 Å². The van der Waals surface area contributed by atoms with Crippen LogP contribution in [0.25, 0.3) is 0 Å². The molecule has 0 atom stereocenters. The molecule has 1 amide bonds. The molecule has 1 aromatic heterocycles. The van der Waals surface area contributed by atoms with Crippen molar-refractivity contribution in [1.29, 1.82) is 0 Å². The van der Waals surface area contributed by atoms with Crippen LogP contribution >= 0.6 is 11.6 Å². The number of pyridine rings is 1. The van der Waals surface area contributed by atoms with Crippen molar-refractivity contribution in [2.75, 3.05) is 13.2 Å². The number of nitrogens with one attached hydrogen (secondary N) is 1. The van der Waals surface area contributed by atoms with Crippen LogP contribution in [0, 0.1) is 0 Å². The maximum atomic E-state index is 11.6. The van der Waals surface area contributed by atoms with Crippen molar-refractivity contribution in [3.05, 3.63) is 29.0 Å². The lowest BCUT2D eigenvalue weighted by Gasteiger charge is -2.08. The molecule has 1 N–H and O–H groups in total. The van der Waals surface area contributed by atoms with E-state index < -0.39 is 18.9 Å². The van der Waals surface area contributed by atoms with Crippen molar-refractivity contribution >= 4 is 17.5 Å². The summed E-state index contributed by atoms with van der Waals surface area (Å²) in [6.07, 6.45) is -3.35. The molecule has 0 aliphatic rings. The number of ether oxygens (including phenoxy) is 1. The summed E-state index contributed by atoms with van der Waals surface area (Å²) in [6.45, 7) is -0.953. The number of nitrogens with zero attached hydrogens (tertiary/aromatic N) is 1. The zero-order valence-electron chi connectivity index (χ0n) is 8.42. The van der Waals surface area contributed by atoms with E-state index in [1.54, 1.807) is 0 Å². The van der Waals surface area contributed by atoms with Crippen LogP contribution in [0.2, 0.25) is 5.02 Å². The minimum atomic E-state index is -4.70. The monoisotopic (exact) mass is 268 g/mol. The quantitative estimate of drug-likeness (QED) is 0.850. The van der Waals surface area contributed by atoms with Crippen molar-refractivity contribution in [1.82, 2.24) is 10.3 Å². The van der Waals surface area contributed by atoms with E-state index in [9.17, 15) is 18.0 Å². The molecule has 0 radical (unpaired) electrons. The third kappa shape index (κ3) is 5.01. The molecule has 0 aromatic carbocycles. The van der Waals surface area contributed by atoms with Crippen molar-refractivity contribution in [3.63, 3.8) is 0 Å². The molecule has 4 nitrogen and oxygen atoms in total. The number of hydrogen-bond acceptors (Lipinski definition) is 3. The number of carbonyl (C=O) groups is 1. The fourth-order valence-corrected chi connectivity index (χ4v) is 1.18. The highest BCUT2D eigenvalue weighted by molar-refractivity contribution is 6.33. The van der Waals surface area contributed by atoms with Gasteiger partial charge >= 0.3 is 6.36 Å². The molecule has 1 rings (SSSR count). The molecule has 8 heteroatoms. The largest absolute Gasteiger partial charge is 0.522 e. The fraction of sp³-hybridized carbons (Fsp3) is 0.333. The first kappa shape index (κ1) is 13.7. The lowest BCUT2D eigenvalue weighted by molar-refractivity contribution is -0.323. The Morgan fingerprint density at radius 1 is 1.53 bits per heavy atom. The van der Waals surface area contributed by atoms with Gasteiger partial charge in [0, 0.05) is 12.7 Å².